The first kappa shape index (κ1) is 14.1. The maximum absolute atomic E-state index is 5.83. The average molecular weight is 275 g/mol. The second kappa shape index (κ2) is 7.31. The Balaban J connectivity index is 1.86. The Labute approximate surface area is 119 Å². The Hall–Kier alpha value is -1.32. The van der Waals surface area contributed by atoms with Gasteiger partial charge in [-0.3, -0.25) is 0 Å². The van der Waals surface area contributed by atoms with Crippen LogP contribution in [-0.4, -0.2) is 13.2 Å². The minimum atomic E-state index is 0.390. The van der Waals surface area contributed by atoms with Crippen LogP contribution in [0.3, 0.4) is 0 Å². The van der Waals surface area contributed by atoms with E-state index >= 15 is 0 Å². The van der Waals surface area contributed by atoms with E-state index in [1.807, 2.05) is 12.1 Å². The van der Waals surface area contributed by atoms with Crippen LogP contribution in [0.4, 0.5) is 0 Å². The van der Waals surface area contributed by atoms with Crippen molar-refractivity contribution in [2.75, 3.05) is 13.2 Å². The van der Waals surface area contributed by atoms with Crippen LogP contribution in [0.15, 0.2) is 41.1 Å². The quantitative estimate of drug-likeness (QED) is 0.818. The van der Waals surface area contributed by atoms with E-state index in [4.69, 9.17) is 4.74 Å². The summed E-state index contributed by atoms with van der Waals surface area (Å²) in [6.07, 6.45) is 0.985. The Bertz CT molecular complexity index is 481. The highest BCUT2D eigenvalue weighted by atomic mass is 32.1. The molecule has 0 aliphatic heterocycles. The number of ether oxygens (including phenoxy) is 1. The van der Waals surface area contributed by atoms with E-state index in [1.54, 1.807) is 11.3 Å². The number of nitrogens with one attached hydrogen (secondary N) is 1. The second-order valence-electron chi connectivity index (χ2n) is 4.62. The molecule has 0 bridgehead atoms. The molecule has 0 saturated heterocycles. The monoisotopic (exact) mass is 275 g/mol. The van der Waals surface area contributed by atoms with Crippen molar-refractivity contribution < 1.29 is 4.74 Å². The summed E-state index contributed by atoms with van der Waals surface area (Å²) in [5.74, 6) is 0.959. The molecular formula is C16H21NOS. The van der Waals surface area contributed by atoms with Gasteiger partial charge in [-0.1, -0.05) is 19.1 Å². The van der Waals surface area contributed by atoms with Gasteiger partial charge in [0.25, 0.3) is 0 Å². The molecule has 0 aliphatic carbocycles. The number of rotatable bonds is 7. The smallest absolute Gasteiger partial charge is 0.119 e. The van der Waals surface area contributed by atoms with Gasteiger partial charge in [0.05, 0.1) is 6.61 Å². The van der Waals surface area contributed by atoms with Gasteiger partial charge in [-0.25, -0.2) is 0 Å². The third kappa shape index (κ3) is 4.37. The van der Waals surface area contributed by atoms with Gasteiger partial charge in [0.1, 0.15) is 5.75 Å². The van der Waals surface area contributed by atoms with Crippen LogP contribution in [-0.2, 0) is 0 Å². The Morgan fingerprint density at radius 2 is 2.21 bits per heavy atom. The summed E-state index contributed by atoms with van der Waals surface area (Å²) in [7, 11) is 0. The van der Waals surface area contributed by atoms with Gasteiger partial charge >= 0.3 is 0 Å². The summed E-state index contributed by atoms with van der Waals surface area (Å²) in [6.45, 7) is 5.93. The van der Waals surface area contributed by atoms with Gasteiger partial charge in [0, 0.05) is 12.5 Å². The fraction of sp³-hybridized carbons (Fsp3) is 0.375. The lowest BCUT2D eigenvalue weighted by Crippen LogP contribution is -2.22. The van der Waals surface area contributed by atoms with Crippen molar-refractivity contribution in [3.05, 3.63) is 52.2 Å². The predicted octanol–water partition coefficient (Wildman–Crippen LogP) is 4.18. The van der Waals surface area contributed by atoms with Crippen molar-refractivity contribution in [3.63, 3.8) is 0 Å². The van der Waals surface area contributed by atoms with Gasteiger partial charge in [-0.15, -0.1) is 0 Å². The van der Waals surface area contributed by atoms with Gasteiger partial charge < -0.3 is 10.1 Å². The minimum Gasteiger partial charge on any atom is -0.494 e. The Morgan fingerprint density at radius 1 is 1.32 bits per heavy atom. The highest BCUT2D eigenvalue weighted by Gasteiger charge is 2.10. The fourth-order valence-electron chi connectivity index (χ4n) is 2.11. The third-order valence-corrected chi connectivity index (χ3v) is 3.76. The van der Waals surface area contributed by atoms with Crippen molar-refractivity contribution in [1.29, 1.82) is 0 Å². The predicted molar refractivity (Wildman–Crippen MR) is 82.0 cm³/mol. The van der Waals surface area contributed by atoms with E-state index in [0.717, 1.165) is 25.3 Å². The summed E-state index contributed by atoms with van der Waals surface area (Å²) in [5.41, 5.74) is 2.60. The van der Waals surface area contributed by atoms with Crippen molar-refractivity contribution in [2.24, 2.45) is 0 Å². The number of benzene rings is 1. The zero-order chi connectivity index (χ0) is 13.5. The second-order valence-corrected chi connectivity index (χ2v) is 5.40. The van der Waals surface area contributed by atoms with E-state index in [9.17, 15) is 0 Å². The van der Waals surface area contributed by atoms with Crippen molar-refractivity contribution in [2.45, 2.75) is 26.3 Å². The first-order valence-corrected chi connectivity index (χ1v) is 7.69. The van der Waals surface area contributed by atoms with E-state index in [1.165, 1.54) is 11.1 Å². The minimum absolute atomic E-state index is 0.390. The molecule has 1 unspecified atom stereocenters. The van der Waals surface area contributed by atoms with E-state index in [2.05, 4.69) is 48.1 Å². The van der Waals surface area contributed by atoms with Crippen LogP contribution in [0.2, 0.25) is 0 Å². The number of aryl methyl sites for hydroxylation is 1. The summed E-state index contributed by atoms with van der Waals surface area (Å²) in [5, 5.41) is 7.84. The standard InChI is InChI=1S/C16H21NOS/c1-3-17-16(14-8-10-19-12-14)7-9-18-15-6-4-5-13(2)11-15/h4-6,8,10-12,16-17H,3,7,9H2,1-2H3. The molecule has 3 heteroatoms. The Morgan fingerprint density at radius 3 is 2.89 bits per heavy atom. The molecule has 0 amide bonds. The topological polar surface area (TPSA) is 21.3 Å². The SMILES string of the molecule is CCNC(CCOc1cccc(C)c1)c1ccsc1. The number of hydrogen-bond acceptors (Lipinski definition) is 3. The van der Waals surface area contributed by atoms with Crippen molar-refractivity contribution in [1.82, 2.24) is 5.32 Å². The first-order valence-electron chi connectivity index (χ1n) is 6.74. The molecule has 19 heavy (non-hydrogen) atoms. The van der Waals surface area contributed by atoms with E-state index in [0.29, 0.717) is 6.04 Å². The third-order valence-electron chi connectivity index (χ3n) is 3.06. The van der Waals surface area contributed by atoms with Gasteiger partial charge in [0.15, 0.2) is 0 Å². The first-order chi connectivity index (χ1) is 9.29. The zero-order valence-electron chi connectivity index (χ0n) is 11.6. The molecule has 0 spiro atoms. The average Bonchev–Trinajstić information content (AvgIpc) is 2.91. The summed E-state index contributed by atoms with van der Waals surface area (Å²) >= 11 is 1.74. The molecule has 0 saturated carbocycles. The summed E-state index contributed by atoms with van der Waals surface area (Å²) in [6, 6.07) is 10.8. The molecule has 1 aromatic carbocycles. The molecule has 1 N–H and O–H groups in total. The molecule has 1 aromatic heterocycles. The van der Waals surface area contributed by atoms with E-state index < -0.39 is 0 Å². The normalized spacial score (nSPS) is 12.3. The largest absolute Gasteiger partial charge is 0.494 e. The number of thiophene rings is 1. The van der Waals surface area contributed by atoms with Crippen molar-refractivity contribution >= 4 is 11.3 Å². The Kier molecular flexibility index (Phi) is 5.43. The summed E-state index contributed by atoms with van der Waals surface area (Å²) in [4.78, 5) is 0. The van der Waals surface area contributed by atoms with Crippen LogP contribution < -0.4 is 10.1 Å². The molecular weight excluding hydrogens is 254 g/mol. The van der Waals surface area contributed by atoms with Gasteiger partial charge in [-0.05, 0) is 53.6 Å². The fourth-order valence-corrected chi connectivity index (χ4v) is 2.82. The maximum Gasteiger partial charge on any atom is 0.119 e. The zero-order valence-corrected chi connectivity index (χ0v) is 12.4. The van der Waals surface area contributed by atoms with Crippen LogP contribution in [0, 0.1) is 6.92 Å². The molecule has 0 aliphatic rings. The molecule has 2 rings (SSSR count). The molecule has 0 fully saturated rings. The number of hydrogen-bond donors (Lipinski definition) is 1. The molecule has 1 atom stereocenters. The van der Waals surface area contributed by atoms with Crippen LogP contribution >= 0.6 is 11.3 Å². The van der Waals surface area contributed by atoms with Crippen LogP contribution in [0.25, 0.3) is 0 Å². The molecule has 2 aromatic rings. The lowest BCUT2D eigenvalue weighted by atomic mass is 10.1. The molecule has 0 radical (unpaired) electrons. The highest BCUT2D eigenvalue weighted by molar-refractivity contribution is 7.07. The van der Waals surface area contributed by atoms with E-state index in [-0.39, 0.29) is 0 Å². The lowest BCUT2D eigenvalue weighted by Gasteiger charge is -2.17. The highest BCUT2D eigenvalue weighted by Crippen LogP contribution is 2.20. The molecule has 2 nitrogen and oxygen atoms in total. The van der Waals surface area contributed by atoms with Crippen LogP contribution in [0.1, 0.15) is 30.5 Å². The molecule has 102 valence electrons. The van der Waals surface area contributed by atoms with Gasteiger partial charge in [0.2, 0.25) is 0 Å². The maximum atomic E-state index is 5.83. The summed E-state index contributed by atoms with van der Waals surface area (Å²) < 4.78 is 5.83. The van der Waals surface area contributed by atoms with Crippen LogP contribution in [0.5, 0.6) is 5.75 Å². The lowest BCUT2D eigenvalue weighted by molar-refractivity contribution is 0.287. The van der Waals surface area contributed by atoms with Crippen molar-refractivity contribution in [3.8, 4) is 5.75 Å². The molecule has 1 heterocycles. The van der Waals surface area contributed by atoms with Gasteiger partial charge in [-0.2, -0.15) is 11.3 Å².